The highest BCUT2D eigenvalue weighted by Gasteiger charge is 2.17. The molecular formula is C11H13BrN4. The van der Waals surface area contributed by atoms with Gasteiger partial charge in [0.1, 0.15) is 0 Å². The maximum absolute atomic E-state index is 4.53. The van der Waals surface area contributed by atoms with E-state index < -0.39 is 0 Å². The Bertz CT molecular complexity index is 502. The predicted molar refractivity (Wildman–Crippen MR) is 65.4 cm³/mol. The van der Waals surface area contributed by atoms with E-state index in [1.54, 1.807) is 0 Å². The molecule has 1 fully saturated rings. The Morgan fingerprint density at radius 1 is 1.56 bits per heavy atom. The van der Waals surface area contributed by atoms with Crippen molar-refractivity contribution in [1.82, 2.24) is 19.9 Å². The topological polar surface area (TPSA) is 42.2 Å². The first-order chi connectivity index (χ1) is 7.81. The van der Waals surface area contributed by atoms with Crippen LogP contribution in [0.15, 0.2) is 22.8 Å². The van der Waals surface area contributed by atoms with Crippen LogP contribution in [0, 0.1) is 5.92 Å². The monoisotopic (exact) mass is 280 g/mol. The van der Waals surface area contributed by atoms with Gasteiger partial charge in [-0.3, -0.25) is 0 Å². The molecule has 84 valence electrons. The summed E-state index contributed by atoms with van der Waals surface area (Å²) in [7, 11) is 0. The van der Waals surface area contributed by atoms with Gasteiger partial charge in [-0.1, -0.05) is 15.9 Å². The zero-order valence-corrected chi connectivity index (χ0v) is 10.4. The Morgan fingerprint density at radius 2 is 2.50 bits per heavy atom. The van der Waals surface area contributed by atoms with E-state index in [1.165, 1.54) is 6.42 Å². The summed E-state index contributed by atoms with van der Waals surface area (Å²) in [5.74, 6) is 1.65. The lowest BCUT2D eigenvalue weighted by molar-refractivity contribution is 0.561. The van der Waals surface area contributed by atoms with Crippen molar-refractivity contribution in [2.24, 2.45) is 5.92 Å². The fraction of sp³-hybridized carbons (Fsp3) is 0.455. The number of pyridine rings is 1. The molecule has 3 heterocycles. The van der Waals surface area contributed by atoms with Crippen LogP contribution in [0.5, 0.6) is 0 Å². The standard InChI is InChI=1S/C11H13BrN4/c12-9-2-4-16-11(6-9)14-10(15-16)5-8-1-3-13-7-8/h2,4,6,8,13H,1,3,5,7H2. The van der Waals surface area contributed by atoms with Crippen molar-refractivity contribution < 1.29 is 0 Å². The maximum Gasteiger partial charge on any atom is 0.156 e. The summed E-state index contributed by atoms with van der Waals surface area (Å²) < 4.78 is 2.88. The van der Waals surface area contributed by atoms with E-state index in [0.717, 1.165) is 35.5 Å². The lowest BCUT2D eigenvalue weighted by Gasteiger charge is -2.02. The number of fused-ring (bicyclic) bond motifs is 1. The first-order valence-corrected chi connectivity index (χ1v) is 6.32. The highest BCUT2D eigenvalue weighted by molar-refractivity contribution is 9.10. The molecule has 3 rings (SSSR count). The van der Waals surface area contributed by atoms with E-state index in [4.69, 9.17) is 0 Å². The Morgan fingerprint density at radius 3 is 3.31 bits per heavy atom. The van der Waals surface area contributed by atoms with Gasteiger partial charge in [-0.25, -0.2) is 9.50 Å². The van der Waals surface area contributed by atoms with E-state index >= 15 is 0 Å². The average molecular weight is 281 g/mol. The van der Waals surface area contributed by atoms with Gasteiger partial charge in [0.25, 0.3) is 0 Å². The zero-order valence-electron chi connectivity index (χ0n) is 8.86. The van der Waals surface area contributed by atoms with Gasteiger partial charge in [0.2, 0.25) is 0 Å². The SMILES string of the molecule is Brc1ccn2nc(CC3CCNC3)nc2c1. The molecular weight excluding hydrogens is 268 g/mol. The predicted octanol–water partition coefficient (Wildman–Crippen LogP) is 1.64. The van der Waals surface area contributed by atoms with Gasteiger partial charge in [0.15, 0.2) is 11.5 Å². The van der Waals surface area contributed by atoms with Crippen LogP contribution in [0.2, 0.25) is 0 Å². The summed E-state index contributed by atoms with van der Waals surface area (Å²) >= 11 is 3.44. The van der Waals surface area contributed by atoms with E-state index in [1.807, 2.05) is 22.8 Å². The lowest BCUT2D eigenvalue weighted by Crippen LogP contribution is -2.11. The second-order valence-electron chi connectivity index (χ2n) is 4.24. The first-order valence-electron chi connectivity index (χ1n) is 5.53. The third-order valence-electron chi connectivity index (χ3n) is 2.98. The van der Waals surface area contributed by atoms with Crippen LogP contribution in [0.3, 0.4) is 0 Å². The van der Waals surface area contributed by atoms with Crippen molar-refractivity contribution in [2.75, 3.05) is 13.1 Å². The molecule has 0 saturated carbocycles. The quantitative estimate of drug-likeness (QED) is 0.910. The van der Waals surface area contributed by atoms with Crippen LogP contribution in [0.1, 0.15) is 12.2 Å². The molecule has 2 aromatic rings. The second kappa shape index (κ2) is 4.14. The van der Waals surface area contributed by atoms with Gasteiger partial charge in [-0.05, 0) is 37.6 Å². The highest BCUT2D eigenvalue weighted by Crippen LogP contribution is 2.15. The largest absolute Gasteiger partial charge is 0.316 e. The van der Waals surface area contributed by atoms with Crippen molar-refractivity contribution in [3.8, 4) is 0 Å². The molecule has 1 N–H and O–H groups in total. The van der Waals surface area contributed by atoms with Crippen LogP contribution < -0.4 is 5.32 Å². The molecule has 0 amide bonds. The Labute approximate surface area is 102 Å². The maximum atomic E-state index is 4.53. The third-order valence-corrected chi connectivity index (χ3v) is 3.47. The van der Waals surface area contributed by atoms with Crippen LogP contribution in [-0.4, -0.2) is 27.7 Å². The minimum Gasteiger partial charge on any atom is -0.316 e. The molecule has 1 unspecified atom stereocenters. The Balaban J connectivity index is 1.86. The number of hydrogen-bond acceptors (Lipinski definition) is 3. The summed E-state index contributed by atoms with van der Waals surface area (Å²) in [6.07, 6.45) is 4.15. The number of nitrogens with zero attached hydrogens (tertiary/aromatic N) is 3. The van der Waals surface area contributed by atoms with Gasteiger partial charge in [-0.15, -0.1) is 0 Å². The van der Waals surface area contributed by atoms with Crippen molar-refractivity contribution in [2.45, 2.75) is 12.8 Å². The molecule has 1 atom stereocenters. The van der Waals surface area contributed by atoms with E-state index in [0.29, 0.717) is 5.92 Å². The van der Waals surface area contributed by atoms with E-state index in [9.17, 15) is 0 Å². The summed E-state index contributed by atoms with van der Waals surface area (Å²) in [6, 6.07) is 3.96. The number of nitrogens with one attached hydrogen (secondary N) is 1. The molecule has 0 aromatic carbocycles. The number of aromatic nitrogens is 3. The molecule has 1 aliphatic heterocycles. The van der Waals surface area contributed by atoms with Crippen molar-refractivity contribution in [1.29, 1.82) is 0 Å². The van der Waals surface area contributed by atoms with Crippen molar-refractivity contribution in [3.63, 3.8) is 0 Å². The molecule has 16 heavy (non-hydrogen) atoms. The number of rotatable bonds is 2. The summed E-state index contributed by atoms with van der Waals surface area (Å²) in [4.78, 5) is 4.53. The van der Waals surface area contributed by atoms with Crippen LogP contribution >= 0.6 is 15.9 Å². The third kappa shape index (κ3) is 1.97. The minimum absolute atomic E-state index is 0.695. The minimum atomic E-state index is 0.695. The number of hydrogen-bond donors (Lipinski definition) is 1. The molecule has 1 aliphatic rings. The van der Waals surface area contributed by atoms with Crippen molar-refractivity contribution >= 4 is 21.6 Å². The molecule has 5 heteroatoms. The van der Waals surface area contributed by atoms with Crippen molar-refractivity contribution in [3.05, 3.63) is 28.6 Å². The van der Waals surface area contributed by atoms with E-state index in [-0.39, 0.29) is 0 Å². The second-order valence-corrected chi connectivity index (χ2v) is 5.15. The molecule has 0 radical (unpaired) electrons. The lowest BCUT2D eigenvalue weighted by atomic mass is 10.1. The summed E-state index contributed by atoms with van der Waals surface area (Å²) in [5, 5.41) is 7.84. The molecule has 4 nitrogen and oxygen atoms in total. The fourth-order valence-corrected chi connectivity index (χ4v) is 2.46. The Kier molecular flexibility index (Phi) is 2.65. The van der Waals surface area contributed by atoms with Gasteiger partial charge in [0, 0.05) is 17.1 Å². The fourth-order valence-electron chi connectivity index (χ4n) is 2.14. The number of halogens is 1. The molecule has 2 aromatic heterocycles. The molecule has 0 spiro atoms. The molecule has 1 saturated heterocycles. The van der Waals surface area contributed by atoms with Gasteiger partial charge < -0.3 is 5.32 Å². The van der Waals surface area contributed by atoms with Gasteiger partial charge in [-0.2, -0.15) is 5.10 Å². The summed E-state index contributed by atoms with van der Waals surface area (Å²) in [6.45, 7) is 2.23. The normalized spacial score (nSPS) is 20.7. The smallest absolute Gasteiger partial charge is 0.156 e. The van der Waals surface area contributed by atoms with Crippen LogP contribution in [0.25, 0.3) is 5.65 Å². The first kappa shape index (κ1) is 10.2. The highest BCUT2D eigenvalue weighted by atomic mass is 79.9. The Hall–Kier alpha value is -0.940. The van der Waals surface area contributed by atoms with Crippen LogP contribution in [0.4, 0.5) is 0 Å². The average Bonchev–Trinajstić information content (AvgIpc) is 2.86. The van der Waals surface area contributed by atoms with Gasteiger partial charge in [0.05, 0.1) is 0 Å². The molecule has 0 bridgehead atoms. The summed E-state index contributed by atoms with van der Waals surface area (Å²) in [5.41, 5.74) is 0.912. The molecule has 0 aliphatic carbocycles. The van der Waals surface area contributed by atoms with Crippen LogP contribution in [-0.2, 0) is 6.42 Å². The van der Waals surface area contributed by atoms with Gasteiger partial charge >= 0.3 is 0 Å². The van der Waals surface area contributed by atoms with E-state index in [2.05, 4.69) is 31.3 Å². The zero-order chi connectivity index (χ0) is 11.0.